The van der Waals surface area contributed by atoms with Gasteiger partial charge in [0.25, 0.3) is 0 Å². The van der Waals surface area contributed by atoms with Crippen molar-refractivity contribution in [2.75, 3.05) is 7.11 Å². The lowest BCUT2D eigenvalue weighted by Gasteiger charge is -2.01. The van der Waals surface area contributed by atoms with Gasteiger partial charge in [-0.1, -0.05) is 35.2 Å². The maximum atomic E-state index is 5.68. The fourth-order valence-corrected chi connectivity index (χ4v) is 3.14. The summed E-state index contributed by atoms with van der Waals surface area (Å²) >= 11 is 8.89. The molecule has 17 heavy (non-hydrogen) atoms. The van der Waals surface area contributed by atoms with E-state index in [2.05, 4.69) is 22.3 Å². The Morgan fingerprint density at radius 3 is 2.65 bits per heavy atom. The van der Waals surface area contributed by atoms with E-state index in [1.165, 1.54) is 5.56 Å². The summed E-state index contributed by atoms with van der Waals surface area (Å²) < 4.78 is 6.06. The predicted molar refractivity (Wildman–Crippen MR) is 72.0 cm³/mol. The lowest BCUT2D eigenvalue weighted by Crippen LogP contribution is -1.84. The van der Waals surface area contributed by atoms with Crippen LogP contribution in [0.5, 0.6) is 5.75 Å². The Morgan fingerprint density at radius 2 is 2.06 bits per heavy atom. The van der Waals surface area contributed by atoms with Gasteiger partial charge in [0.1, 0.15) is 10.8 Å². The van der Waals surface area contributed by atoms with Crippen LogP contribution in [0.3, 0.4) is 0 Å². The van der Waals surface area contributed by atoms with Crippen LogP contribution in [0.2, 0.25) is 0 Å². The summed E-state index contributed by atoms with van der Waals surface area (Å²) in [5.41, 5.74) is 1.23. The van der Waals surface area contributed by atoms with Crippen molar-refractivity contribution >= 4 is 34.7 Å². The number of alkyl halides is 1. The zero-order chi connectivity index (χ0) is 12.1. The fourth-order valence-electron chi connectivity index (χ4n) is 1.22. The molecule has 0 saturated carbocycles. The molecule has 90 valence electrons. The highest BCUT2D eigenvalue weighted by molar-refractivity contribution is 8.00. The van der Waals surface area contributed by atoms with Crippen LogP contribution < -0.4 is 4.74 Å². The zero-order valence-corrected chi connectivity index (χ0v) is 11.6. The second kappa shape index (κ2) is 6.23. The molecule has 2 rings (SSSR count). The van der Waals surface area contributed by atoms with E-state index in [4.69, 9.17) is 16.3 Å². The van der Waals surface area contributed by atoms with Crippen molar-refractivity contribution in [2.45, 2.75) is 16.0 Å². The Hall–Kier alpha value is -0.780. The van der Waals surface area contributed by atoms with Crippen LogP contribution in [0, 0.1) is 0 Å². The summed E-state index contributed by atoms with van der Waals surface area (Å²) in [4.78, 5) is 0. The number of methoxy groups -OCH3 is 1. The largest absolute Gasteiger partial charge is 0.497 e. The average molecular weight is 287 g/mol. The summed E-state index contributed by atoms with van der Waals surface area (Å²) in [7, 11) is 1.67. The van der Waals surface area contributed by atoms with E-state index in [1.54, 1.807) is 30.2 Å². The molecule has 6 heteroatoms. The molecule has 0 aliphatic rings. The van der Waals surface area contributed by atoms with Crippen LogP contribution in [0.1, 0.15) is 10.6 Å². The van der Waals surface area contributed by atoms with Crippen LogP contribution in [0.4, 0.5) is 0 Å². The van der Waals surface area contributed by atoms with Crippen molar-refractivity contribution < 1.29 is 4.74 Å². The summed E-state index contributed by atoms with van der Waals surface area (Å²) in [6, 6.07) is 8.02. The van der Waals surface area contributed by atoms with E-state index < -0.39 is 0 Å². The van der Waals surface area contributed by atoms with E-state index in [1.807, 2.05) is 12.1 Å². The lowest BCUT2D eigenvalue weighted by molar-refractivity contribution is 0.414. The van der Waals surface area contributed by atoms with Gasteiger partial charge in [-0.25, -0.2) is 0 Å². The number of hydrogen-bond acceptors (Lipinski definition) is 5. The van der Waals surface area contributed by atoms with E-state index in [-0.39, 0.29) is 0 Å². The normalized spacial score (nSPS) is 10.5. The summed E-state index contributed by atoms with van der Waals surface area (Å²) in [5.74, 6) is 2.18. The molecule has 1 aromatic heterocycles. The van der Waals surface area contributed by atoms with Crippen molar-refractivity contribution in [1.29, 1.82) is 0 Å². The van der Waals surface area contributed by atoms with Crippen LogP contribution in [0.25, 0.3) is 0 Å². The third-order valence-corrected chi connectivity index (χ3v) is 4.62. The number of nitrogens with zero attached hydrogens (tertiary/aromatic N) is 2. The van der Waals surface area contributed by atoms with E-state index in [0.29, 0.717) is 5.88 Å². The van der Waals surface area contributed by atoms with Crippen molar-refractivity contribution in [3.8, 4) is 5.75 Å². The molecule has 0 radical (unpaired) electrons. The van der Waals surface area contributed by atoms with Gasteiger partial charge in [-0.15, -0.1) is 21.8 Å². The van der Waals surface area contributed by atoms with E-state index in [9.17, 15) is 0 Å². The first-order valence-electron chi connectivity index (χ1n) is 4.96. The number of aromatic nitrogens is 2. The van der Waals surface area contributed by atoms with Crippen LogP contribution >= 0.6 is 34.7 Å². The van der Waals surface area contributed by atoms with E-state index in [0.717, 1.165) is 20.8 Å². The molecule has 2 aromatic rings. The molecule has 0 saturated heterocycles. The molecule has 0 spiro atoms. The molecule has 0 aliphatic heterocycles. The van der Waals surface area contributed by atoms with Gasteiger partial charge in [0.05, 0.1) is 13.0 Å². The third-order valence-electron chi connectivity index (χ3n) is 2.08. The highest BCUT2D eigenvalue weighted by Crippen LogP contribution is 2.27. The van der Waals surface area contributed by atoms with Crippen molar-refractivity contribution in [2.24, 2.45) is 0 Å². The highest BCUT2D eigenvalue weighted by Gasteiger charge is 2.04. The SMILES string of the molecule is COc1ccc(CSc2nnc(CCl)s2)cc1. The van der Waals surface area contributed by atoms with Crippen molar-refractivity contribution in [3.63, 3.8) is 0 Å². The first-order valence-corrected chi connectivity index (χ1v) is 7.29. The molecular weight excluding hydrogens is 276 g/mol. The van der Waals surface area contributed by atoms with Crippen LogP contribution in [-0.4, -0.2) is 17.3 Å². The van der Waals surface area contributed by atoms with Gasteiger partial charge >= 0.3 is 0 Å². The second-order valence-corrected chi connectivity index (χ2v) is 5.78. The molecule has 1 aromatic carbocycles. The maximum absolute atomic E-state index is 5.68. The lowest BCUT2D eigenvalue weighted by atomic mass is 10.2. The molecule has 3 nitrogen and oxygen atoms in total. The second-order valence-electron chi connectivity index (χ2n) is 3.23. The molecular formula is C11H11ClN2OS2. The van der Waals surface area contributed by atoms with Gasteiger partial charge in [0.2, 0.25) is 0 Å². The van der Waals surface area contributed by atoms with Gasteiger partial charge in [0.15, 0.2) is 4.34 Å². The predicted octanol–water partition coefficient (Wildman–Crippen LogP) is 3.58. The standard InChI is InChI=1S/C11H11ClN2OS2/c1-15-9-4-2-8(3-5-9)7-16-11-14-13-10(6-12)17-11/h2-5H,6-7H2,1H3. The maximum Gasteiger partial charge on any atom is 0.174 e. The Morgan fingerprint density at radius 1 is 1.29 bits per heavy atom. The Bertz CT molecular complexity index is 473. The molecule has 0 unspecified atom stereocenters. The van der Waals surface area contributed by atoms with Gasteiger partial charge in [-0.3, -0.25) is 0 Å². The molecule has 0 bridgehead atoms. The zero-order valence-electron chi connectivity index (χ0n) is 9.22. The molecule has 0 atom stereocenters. The third kappa shape index (κ3) is 3.59. The quantitative estimate of drug-likeness (QED) is 0.622. The Balaban J connectivity index is 1.92. The molecule has 0 amide bonds. The molecule has 1 heterocycles. The monoisotopic (exact) mass is 286 g/mol. The van der Waals surface area contributed by atoms with Crippen LogP contribution in [0.15, 0.2) is 28.6 Å². The minimum atomic E-state index is 0.431. The van der Waals surface area contributed by atoms with E-state index >= 15 is 0 Å². The van der Waals surface area contributed by atoms with Gasteiger partial charge < -0.3 is 4.74 Å². The molecule has 0 N–H and O–H groups in total. The highest BCUT2D eigenvalue weighted by atomic mass is 35.5. The van der Waals surface area contributed by atoms with Gasteiger partial charge in [0, 0.05) is 5.75 Å². The fraction of sp³-hybridized carbons (Fsp3) is 0.273. The summed E-state index contributed by atoms with van der Waals surface area (Å²) in [5, 5.41) is 8.89. The number of ether oxygens (including phenoxy) is 1. The number of thioether (sulfide) groups is 1. The Labute approximate surface area is 113 Å². The number of rotatable bonds is 5. The summed E-state index contributed by atoms with van der Waals surface area (Å²) in [6.45, 7) is 0. The van der Waals surface area contributed by atoms with Crippen LogP contribution in [-0.2, 0) is 11.6 Å². The van der Waals surface area contributed by atoms with Gasteiger partial charge in [-0.05, 0) is 17.7 Å². The summed E-state index contributed by atoms with van der Waals surface area (Å²) in [6.07, 6.45) is 0. The van der Waals surface area contributed by atoms with Crippen molar-refractivity contribution in [1.82, 2.24) is 10.2 Å². The van der Waals surface area contributed by atoms with Crippen molar-refractivity contribution in [3.05, 3.63) is 34.8 Å². The average Bonchev–Trinajstić information content (AvgIpc) is 2.85. The minimum Gasteiger partial charge on any atom is -0.497 e. The first kappa shape index (κ1) is 12.7. The number of benzene rings is 1. The number of halogens is 1. The topological polar surface area (TPSA) is 35.0 Å². The first-order chi connectivity index (χ1) is 8.31. The smallest absolute Gasteiger partial charge is 0.174 e. The number of hydrogen-bond donors (Lipinski definition) is 0. The minimum absolute atomic E-state index is 0.431. The Kier molecular flexibility index (Phi) is 4.65. The molecule has 0 aliphatic carbocycles. The van der Waals surface area contributed by atoms with Gasteiger partial charge in [-0.2, -0.15) is 0 Å². The molecule has 0 fully saturated rings.